The molecular formula is C13H23N3O2S2. The molecule has 1 aromatic rings. The smallest absolute Gasteiger partial charge is 0.240 e. The first kappa shape index (κ1) is 17.3. The lowest BCUT2D eigenvalue weighted by molar-refractivity contribution is 0.578. The zero-order valence-corrected chi connectivity index (χ0v) is 13.7. The van der Waals surface area contributed by atoms with Crippen LogP contribution in [0.5, 0.6) is 0 Å². The second kappa shape index (κ2) is 9.20. The van der Waals surface area contributed by atoms with Gasteiger partial charge in [-0.05, 0) is 37.3 Å². The molecule has 1 heterocycles. The molecule has 0 bridgehead atoms. The second-order valence-electron chi connectivity index (χ2n) is 4.40. The summed E-state index contributed by atoms with van der Waals surface area (Å²) in [5.41, 5.74) is 0. The molecule has 0 aromatic carbocycles. The standard InChI is InChI=1S/C13H23N3O2S2/c1-3-7-14-13-11-12(6-9-15-13)20(17,18)16-8-4-5-10-19-2/h6,9,11,16H,3-5,7-8,10H2,1-2H3,(H,14,15). The number of aromatic nitrogens is 1. The highest BCUT2D eigenvalue weighted by atomic mass is 32.2. The van der Waals surface area contributed by atoms with Crippen LogP contribution >= 0.6 is 11.8 Å². The molecule has 2 N–H and O–H groups in total. The summed E-state index contributed by atoms with van der Waals surface area (Å²) in [4.78, 5) is 4.37. The Morgan fingerprint density at radius 3 is 2.80 bits per heavy atom. The largest absolute Gasteiger partial charge is 0.370 e. The summed E-state index contributed by atoms with van der Waals surface area (Å²) in [6.07, 6.45) is 6.40. The van der Waals surface area contributed by atoms with Crippen molar-refractivity contribution < 1.29 is 8.42 Å². The van der Waals surface area contributed by atoms with Crippen LogP contribution < -0.4 is 10.0 Å². The number of unbranched alkanes of at least 4 members (excludes halogenated alkanes) is 1. The van der Waals surface area contributed by atoms with E-state index in [1.807, 2.05) is 13.2 Å². The van der Waals surface area contributed by atoms with Crippen LogP contribution in [0.1, 0.15) is 26.2 Å². The summed E-state index contributed by atoms with van der Waals surface area (Å²) < 4.78 is 26.9. The van der Waals surface area contributed by atoms with Crippen molar-refractivity contribution in [1.82, 2.24) is 9.71 Å². The van der Waals surface area contributed by atoms with Crippen molar-refractivity contribution in [2.45, 2.75) is 31.1 Å². The SMILES string of the molecule is CCCNc1cc(S(=O)(=O)NCCCCSC)ccn1. The van der Waals surface area contributed by atoms with Gasteiger partial charge in [0.1, 0.15) is 5.82 Å². The summed E-state index contributed by atoms with van der Waals surface area (Å²) in [5.74, 6) is 1.65. The third kappa shape index (κ3) is 6.11. The van der Waals surface area contributed by atoms with Gasteiger partial charge in [-0.3, -0.25) is 0 Å². The van der Waals surface area contributed by atoms with E-state index < -0.39 is 10.0 Å². The topological polar surface area (TPSA) is 71.1 Å². The maximum atomic E-state index is 12.1. The predicted molar refractivity (Wildman–Crippen MR) is 85.8 cm³/mol. The molecule has 20 heavy (non-hydrogen) atoms. The lowest BCUT2D eigenvalue weighted by atomic mass is 10.3. The fourth-order valence-corrected chi connectivity index (χ4v) is 3.17. The first-order chi connectivity index (χ1) is 9.60. The van der Waals surface area contributed by atoms with E-state index in [1.54, 1.807) is 17.8 Å². The molecule has 0 saturated heterocycles. The molecule has 0 amide bonds. The number of rotatable bonds is 10. The van der Waals surface area contributed by atoms with Crippen LogP contribution in [0.25, 0.3) is 0 Å². The van der Waals surface area contributed by atoms with Crippen molar-refractivity contribution >= 4 is 27.6 Å². The molecule has 114 valence electrons. The van der Waals surface area contributed by atoms with Crippen LogP contribution in [-0.4, -0.2) is 38.5 Å². The van der Waals surface area contributed by atoms with Crippen LogP contribution in [-0.2, 0) is 10.0 Å². The van der Waals surface area contributed by atoms with Crippen LogP contribution in [0.15, 0.2) is 23.2 Å². The molecule has 0 spiro atoms. The number of nitrogens with zero attached hydrogens (tertiary/aromatic N) is 1. The lowest BCUT2D eigenvalue weighted by Gasteiger charge is -2.08. The molecule has 0 radical (unpaired) electrons. The highest BCUT2D eigenvalue weighted by Gasteiger charge is 2.13. The first-order valence-electron chi connectivity index (χ1n) is 6.78. The Labute approximate surface area is 126 Å². The maximum absolute atomic E-state index is 12.1. The summed E-state index contributed by atoms with van der Waals surface area (Å²) >= 11 is 1.77. The van der Waals surface area contributed by atoms with Gasteiger partial charge in [-0.1, -0.05) is 6.92 Å². The van der Waals surface area contributed by atoms with E-state index in [2.05, 4.69) is 15.0 Å². The Kier molecular flexibility index (Phi) is 7.94. The van der Waals surface area contributed by atoms with Crippen molar-refractivity contribution in [3.05, 3.63) is 18.3 Å². The minimum absolute atomic E-state index is 0.260. The summed E-state index contributed by atoms with van der Waals surface area (Å²) in [7, 11) is -3.43. The maximum Gasteiger partial charge on any atom is 0.240 e. The molecule has 0 aliphatic rings. The van der Waals surface area contributed by atoms with Crippen LogP contribution in [0.3, 0.4) is 0 Å². The normalized spacial score (nSPS) is 11.5. The predicted octanol–water partition coefficient (Wildman–Crippen LogP) is 2.33. The van der Waals surface area contributed by atoms with Crippen LogP contribution in [0, 0.1) is 0 Å². The molecular weight excluding hydrogens is 294 g/mol. The van der Waals surface area contributed by atoms with E-state index in [9.17, 15) is 8.42 Å². The Balaban J connectivity index is 2.57. The second-order valence-corrected chi connectivity index (χ2v) is 7.15. The quantitative estimate of drug-likeness (QED) is 0.648. The number of thioether (sulfide) groups is 1. The molecule has 0 unspecified atom stereocenters. The van der Waals surface area contributed by atoms with Gasteiger partial charge in [-0.2, -0.15) is 11.8 Å². The number of hydrogen-bond acceptors (Lipinski definition) is 5. The van der Waals surface area contributed by atoms with Crippen LogP contribution in [0.2, 0.25) is 0 Å². The van der Waals surface area contributed by atoms with Gasteiger partial charge in [0, 0.05) is 25.4 Å². The fourth-order valence-electron chi connectivity index (χ4n) is 1.59. The highest BCUT2D eigenvalue weighted by Crippen LogP contribution is 2.12. The van der Waals surface area contributed by atoms with Crippen molar-refractivity contribution in [3.63, 3.8) is 0 Å². The van der Waals surface area contributed by atoms with E-state index >= 15 is 0 Å². The molecule has 0 saturated carbocycles. The van der Waals surface area contributed by atoms with E-state index in [0.717, 1.165) is 31.6 Å². The number of pyridine rings is 1. The zero-order chi connectivity index (χ0) is 14.8. The number of hydrogen-bond donors (Lipinski definition) is 2. The number of anilines is 1. The van der Waals surface area contributed by atoms with E-state index in [-0.39, 0.29) is 4.90 Å². The van der Waals surface area contributed by atoms with Crippen molar-refractivity contribution in [2.24, 2.45) is 0 Å². The summed E-state index contributed by atoms with van der Waals surface area (Å²) in [6, 6.07) is 3.08. The molecule has 0 atom stereocenters. The molecule has 0 aliphatic carbocycles. The van der Waals surface area contributed by atoms with Gasteiger partial charge >= 0.3 is 0 Å². The van der Waals surface area contributed by atoms with Gasteiger partial charge in [0.15, 0.2) is 0 Å². The highest BCUT2D eigenvalue weighted by molar-refractivity contribution is 7.98. The molecule has 1 aromatic heterocycles. The average Bonchev–Trinajstić information content (AvgIpc) is 2.45. The van der Waals surface area contributed by atoms with E-state index in [1.165, 1.54) is 12.3 Å². The lowest BCUT2D eigenvalue weighted by Crippen LogP contribution is -2.25. The first-order valence-corrected chi connectivity index (χ1v) is 9.66. The zero-order valence-electron chi connectivity index (χ0n) is 12.1. The minimum Gasteiger partial charge on any atom is -0.370 e. The number of sulfonamides is 1. The number of nitrogens with one attached hydrogen (secondary N) is 2. The summed E-state index contributed by atoms with van der Waals surface area (Å²) in [6.45, 7) is 3.30. The third-order valence-electron chi connectivity index (χ3n) is 2.67. The van der Waals surface area contributed by atoms with E-state index in [0.29, 0.717) is 12.4 Å². The Morgan fingerprint density at radius 2 is 2.10 bits per heavy atom. The third-order valence-corrected chi connectivity index (χ3v) is 4.82. The Hall–Kier alpha value is -0.790. The molecule has 7 heteroatoms. The molecule has 0 aliphatic heterocycles. The summed E-state index contributed by atoms with van der Waals surface area (Å²) in [5, 5.41) is 3.08. The Morgan fingerprint density at radius 1 is 1.30 bits per heavy atom. The van der Waals surface area contributed by atoms with E-state index in [4.69, 9.17) is 0 Å². The van der Waals surface area contributed by atoms with Gasteiger partial charge < -0.3 is 5.32 Å². The van der Waals surface area contributed by atoms with Crippen molar-refractivity contribution in [2.75, 3.05) is 30.4 Å². The van der Waals surface area contributed by atoms with Crippen molar-refractivity contribution in [1.29, 1.82) is 0 Å². The monoisotopic (exact) mass is 317 g/mol. The minimum atomic E-state index is -3.43. The van der Waals surface area contributed by atoms with Crippen molar-refractivity contribution in [3.8, 4) is 0 Å². The van der Waals surface area contributed by atoms with Gasteiger partial charge in [-0.15, -0.1) is 0 Å². The van der Waals surface area contributed by atoms with Gasteiger partial charge in [0.2, 0.25) is 10.0 Å². The molecule has 5 nitrogen and oxygen atoms in total. The van der Waals surface area contributed by atoms with Gasteiger partial charge in [-0.25, -0.2) is 18.1 Å². The van der Waals surface area contributed by atoms with Crippen LogP contribution in [0.4, 0.5) is 5.82 Å². The van der Waals surface area contributed by atoms with Gasteiger partial charge in [0.25, 0.3) is 0 Å². The average molecular weight is 317 g/mol. The molecule has 0 fully saturated rings. The Bertz CT molecular complexity index is 492. The van der Waals surface area contributed by atoms with Gasteiger partial charge in [0.05, 0.1) is 4.90 Å². The fraction of sp³-hybridized carbons (Fsp3) is 0.615. The molecule has 1 rings (SSSR count).